The Morgan fingerprint density at radius 1 is 1.12 bits per heavy atom. The van der Waals surface area contributed by atoms with Gasteiger partial charge in [0.25, 0.3) is 0 Å². The predicted octanol–water partition coefficient (Wildman–Crippen LogP) is 3.18. The van der Waals surface area contributed by atoms with Crippen molar-refractivity contribution >= 4 is 27.5 Å². The Hall–Kier alpha value is -0.640. The van der Waals surface area contributed by atoms with E-state index in [1.807, 2.05) is 21.6 Å². The lowest BCUT2D eigenvalue weighted by molar-refractivity contribution is -0.121. The van der Waals surface area contributed by atoms with Gasteiger partial charge in [0.05, 0.1) is 39.6 Å². The monoisotopic (exact) mass is 406 g/mol. The molecule has 10 heteroatoms. The fourth-order valence-electron chi connectivity index (χ4n) is 2.27. The van der Waals surface area contributed by atoms with Crippen molar-refractivity contribution in [3.63, 3.8) is 0 Å². The van der Waals surface area contributed by atoms with E-state index in [4.69, 9.17) is 19.7 Å². The second-order valence-electron chi connectivity index (χ2n) is 5.72. The van der Waals surface area contributed by atoms with Crippen LogP contribution in [0, 0.1) is 0 Å². The Bertz CT molecular complexity index is 406. The van der Waals surface area contributed by atoms with Gasteiger partial charge in [-0.1, -0.05) is 33.1 Å². The summed E-state index contributed by atoms with van der Waals surface area (Å²) in [5, 5.41) is 7.03. The van der Waals surface area contributed by atoms with E-state index < -0.39 is 0 Å². The molecule has 0 saturated carbocycles. The third kappa shape index (κ3) is 14.5. The minimum atomic E-state index is 0.108. The normalized spacial score (nSPS) is 16.4. The minimum absolute atomic E-state index is 0.108. The molecule has 150 valence electrons. The summed E-state index contributed by atoms with van der Waals surface area (Å²) < 4.78 is 15.9. The zero-order valence-corrected chi connectivity index (χ0v) is 16.9. The average Bonchev–Trinajstić information content (AvgIpc) is 3.16. The molecule has 0 unspecified atom stereocenters. The number of hydrogen-bond acceptors (Lipinski definition) is 7. The molecule has 0 aromatic rings. The number of azide groups is 1. The van der Waals surface area contributed by atoms with Crippen molar-refractivity contribution in [1.82, 2.24) is 5.32 Å². The van der Waals surface area contributed by atoms with Crippen molar-refractivity contribution in [3.8, 4) is 0 Å². The van der Waals surface area contributed by atoms with E-state index in [0.717, 1.165) is 18.1 Å². The molecule has 26 heavy (non-hydrogen) atoms. The van der Waals surface area contributed by atoms with Gasteiger partial charge in [-0.05, 0) is 24.8 Å². The molecule has 1 aliphatic rings. The largest absolute Gasteiger partial charge is 0.379 e. The predicted molar refractivity (Wildman–Crippen MR) is 106 cm³/mol. The third-order valence-electron chi connectivity index (χ3n) is 3.62. The first-order valence-electron chi connectivity index (χ1n) is 9.12. The quantitative estimate of drug-likeness (QED) is 0.131. The smallest absolute Gasteiger partial charge is 0.220 e. The number of nitrogens with zero attached hydrogens (tertiary/aromatic N) is 3. The molecule has 0 spiro atoms. The van der Waals surface area contributed by atoms with Crippen LogP contribution in [0.15, 0.2) is 5.11 Å². The molecule has 0 aromatic carbocycles. The lowest BCUT2D eigenvalue weighted by Crippen LogP contribution is -2.27. The highest BCUT2D eigenvalue weighted by Gasteiger charge is 2.15. The molecule has 1 atom stereocenters. The fourth-order valence-corrected chi connectivity index (χ4v) is 5.29. The van der Waals surface area contributed by atoms with Gasteiger partial charge in [0.15, 0.2) is 0 Å². The topological polar surface area (TPSA) is 106 Å². The summed E-state index contributed by atoms with van der Waals surface area (Å²) in [6.07, 6.45) is 5.25. The van der Waals surface area contributed by atoms with E-state index in [0.29, 0.717) is 59.2 Å². The van der Waals surface area contributed by atoms with Crippen molar-refractivity contribution < 1.29 is 19.0 Å². The van der Waals surface area contributed by atoms with Crippen LogP contribution >= 0.6 is 21.6 Å². The summed E-state index contributed by atoms with van der Waals surface area (Å²) in [7, 11) is 3.97. The van der Waals surface area contributed by atoms with E-state index in [1.54, 1.807) is 0 Å². The van der Waals surface area contributed by atoms with E-state index in [-0.39, 0.29) is 5.91 Å². The molecule has 1 heterocycles. The number of carbonyl (C=O) groups excluding carboxylic acids is 1. The number of nitrogens with one attached hydrogen (secondary N) is 1. The summed E-state index contributed by atoms with van der Waals surface area (Å²) in [4.78, 5) is 14.3. The molecule has 1 saturated heterocycles. The molecule has 1 amide bonds. The van der Waals surface area contributed by atoms with Crippen molar-refractivity contribution in [2.24, 2.45) is 5.11 Å². The van der Waals surface area contributed by atoms with Crippen LogP contribution in [-0.4, -0.2) is 69.6 Å². The van der Waals surface area contributed by atoms with Crippen LogP contribution in [-0.2, 0) is 19.0 Å². The van der Waals surface area contributed by atoms with E-state index in [2.05, 4.69) is 15.3 Å². The molecule has 0 aliphatic carbocycles. The highest BCUT2D eigenvalue weighted by atomic mass is 33.1. The average molecular weight is 407 g/mol. The summed E-state index contributed by atoms with van der Waals surface area (Å²) >= 11 is 0. The van der Waals surface area contributed by atoms with Crippen LogP contribution in [0.3, 0.4) is 0 Å². The van der Waals surface area contributed by atoms with E-state index >= 15 is 0 Å². The van der Waals surface area contributed by atoms with Crippen LogP contribution < -0.4 is 5.32 Å². The Balaban J connectivity index is 1.74. The van der Waals surface area contributed by atoms with Crippen molar-refractivity contribution in [2.75, 3.05) is 58.5 Å². The zero-order chi connectivity index (χ0) is 18.7. The fraction of sp³-hybridized carbons (Fsp3) is 0.938. The standard InChI is InChI=1S/C16H30N4O4S2/c17-20-19-7-9-23-11-13-24-12-10-22-8-6-18-16(21)4-2-1-3-15-5-14-25-26-15/h15H,1-14H2,(H,18,21)/t15-/m0/s1. The summed E-state index contributed by atoms with van der Waals surface area (Å²) in [6, 6.07) is 0. The highest BCUT2D eigenvalue weighted by Crippen LogP contribution is 2.39. The lowest BCUT2D eigenvalue weighted by atomic mass is 10.1. The van der Waals surface area contributed by atoms with Crippen molar-refractivity contribution in [1.29, 1.82) is 0 Å². The molecule has 1 aliphatic heterocycles. The Labute approximate surface area is 163 Å². The Morgan fingerprint density at radius 2 is 1.85 bits per heavy atom. The van der Waals surface area contributed by atoms with Crippen LogP contribution in [0.2, 0.25) is 0 Å². The minimum Gasteiger partial charge on any atom is -0.379 e. The maximum Gasteiger partial charge on any atom is 0.220 e. The molecule has 0 aromatic heterocycles. The Kier molecular flexibility index (Phi) is 16.0. The molecular weight excluding hydrogens is 376 g/mol. The van der Waals surface area contributed by atoms with Gasteiger partial charge in [0, 0.05) is 35.4 Å². The first-order chi connectivity index (χ1) is 12.8. The van der Waals surface area contributed by atoms with Gasteiger partial charge < -0.3 is 19.5 Å². The molecular formula is C16H30N4O4S2. The molecule has 0 bridgehead atoms. The van der Waals surface area contributed by atoms with Gasteiger partial charge in [0.2, 0.25) is 5.91 Å². The van der Waals surface area contributed by atoms with Crippen LogP contribution in [0.1, 0.15) is 32.1 Å². The lowest BCUT2D eigenvalue weighted by Gasteiger charge is -2.08. The van der Waals surface area contributed by atoms with Gasteiger partial charge in [-0.25, -0.2) is 0 Å². The first kappa shape index (κ1) is 23.4. The van der Waals surface area contributed by atoms with E-state index in [9.17, 15) is 4.79 Å². The van der Waals surface area contributed by atoms with Crippen LogP contribution in [0.25, 0.3) is 10.4 Å². The summed E-state index contributed by atoms with van der Waals surface area (Å²) in [5.41, 5.74) is 8.08. The molecule has 0 radical (unpaired) electrons. The van der Waals surface area contributed by atoms with E-state index in [1.165, 1.54) is 18.6 Å². The zero-order valence-electron chi connectivity index (χ0n) is 15.3. The first-order valence-corrected chi connectivity index (χ1v) is 11.5. The van der Waals surface area contributed by atoms with Gasteiger partial charge >= 0.3 is 0 Å². The van der Waals surface area contributed by atoms with Crippen molar-refractivity contribution in [3.05, 3.63) is 10.4 Å². The maximum absolute atomic E-state index is 11.7. The molecule has 1 rings (SSSR count). The number of ether oxygens (including phenoxy) is 3. The maximum atomic E-state index is 11.7. The summed E-state index contributed by atoms with van der Waals surface area (Å²) in [5.74, 6) is 1.38. The summed E-state index contributed by atoms with van der Waals surface area (Å²) in [6.45, 7) is 3.71. The van der Waals surface area contributed by atoms with Gasteiger partial charge in [-0.3, -0.25) is 4.79 Å². The number of rotatable bonds is 17. The highest BCUT2D eigenvalue weighted by molar-refractivity contribution is 8.77. The van der Waals surface area contributed by atoms with Gasteiger partial charge in [-0.15, -0.1) is 0 Å². The van der Waals surface area contributed by atoms with Crippen LogP contribution in [0.4, 0.5) is 0 Å². The number of amides is 1. The van der Waals surface area contributed by atoms with Crippen LogP contribution in [0.5, 0.6) is 0 Å². The number of carbonyl (C=O) groups is 1. The van der Waals surface area contributed by atoms with Crippen molar-refractivity contribution in [2.45, 2.75) is 37.4 Å². The number of unbranched alkanes of at least 4 members (excludes halogenated alkanes) is 1. The SMILES string of the molecule is [N-]=[N+]=NCCOCCOCCOCCNC(=O)CCCC[C@H]1CCSS1. The molecule has 1 N–H and O–H groups in total. The van der Waals surface area contributed by atoms with Gasteiger partial charge in [-0.2, -0.15) is 0 Å². The third-order valence-corrected chi connectivity index (χ3v) is 6.63. The number of hydrogen-bond donors (Lipinski definition) is 1. The second kappa shape index (κ2) is 17.8. The van der Waals surface area contributed by atoms with Gasteiger partial charge in [0.1, 0.15) is 0 Å². The Morgan fingerprint density at radius 3 is 2.54 bits per heavy atom. The second-order valence-corrected chi connectivity index (χ2v) is 8.50. The molecule has 1 fully saturated rings. The molecule has 8 nitrogen and oxygen atoms in total.